The van der Waals surface area contributed by atoms with E-state index >= 15 is 0 Å². The summed E-state index contributed by atoms with van der Waals surface area (Å²) in [5, 5.41) is 0. The van der Waals surface area contributed by atoms with E-state index < -0.39 is 0 Å². The van der Waals surface area contributed by atoms with Crippen LogP contribution in [0.3, 0.4) is 0 Å². The molecule has 2 N–H and O–H groups in total. The van der Waals surface area contributed by atoms with E-state index in [4.69, 9.17) is 10.5 Å². The van der Waals surface area contributed by atoms with Gasteiger partial charge in [-0.25, -0.2) is 0 Å². The van der Waals surface area contributed by atoms with Crippen LogP contribution in [0.4, 0.5) is 0 Å². The van der Waals surface area contributed by atoms with Crippen molar-refractivity contribution in [2.24, 2.45) is 11.7 Å². The zero-order valence-corrected chi connectivity index (χ0v) is 9.42. The van der Waals surface area contributed by atoms with Gasteiger partial charge in [0.05, 0.1) is 6.61 Å². The molecule has 0 aliphatic rings. The molecule has 0 aromatic rings. The van der Waals surface area contributed by atoms with Crippen molar-refractivity contribution in [3.05, 3.63) is 0 Å². The summed E-state index contributed by atoms with van der Waals surface area (Å²) in [5.74, 6) is 0.548. The predicted molar refractivity (Wildman–Crippen MR) is 56.8 cm³/mol. The Labute approximate surface area is 82.2 Å². The SMILES string of the molecule is CCOCCN(C)C(C)C(C)CN. The zero-order valence-electron chi connectivity index (χ0n) is 9.42. The molecule has 0 aromatic carbocycles. The number of ether oxygens (including phenoxy) is 1. The molecule has 2 atom stereocenters. The monoisotopic (exact) mass is 188 g/mol. The van der Waals surface area contributed by atoms with Crippen molar-refractivity contribution in [3.8, 4) is 0 Å². The van der Waals surface area contributed by atoms with Crippen LogP contribution in [0.1, 0.15) is 20.8 Å². The van der Waals surface area contributed by atoms with E-state index in [9.17, 15) is 0 Å². The Kier molecular flexibility index (Phi) is 7.23. The molecule has 3 nitrogen and oxygen atoms in total. The van der Waals surface area contributed by atoms with Gasteiger partial charge >= 0.3 is 0 Å². The number of hydrogen-bond donors (Lipinski definition) is 1. The fourth-order valence-corrected chi connectivity index (χ4v) is 1.19. The van der Waals surface area contributed by atoms with Gasteiger partial charge in [-0.1, -0.05) is 6.92 Å². The smallest absolute Gasteiger partial charge is 0.0593 e. The summed E-state index contributed by atoms with van der Waals surface area (Å²) < 4.78 is 5.29. The lowest BCUT2D eigenvalue weighted by Gasteiger charge is -2.28. The second-order valence-corrected chi connectivity index (χ2v) is 3.63. The molecular weight excluding hydrogens is 164 g/mol. The van der Waals surface area contributed by atoms with Gasteiger partial charge in [-0.2, -0.15) is 0 Å². The quantitative estimate of drug-likeness (QED) is 0.604. The number of likely N-dealkylation sites (N-methyl/N-ethyl adjacent to an activating group) is 1. The van der Waals surface area contributed by atoms with Gasteiger partial charge in [-0.15, -0.1) is 0 Å². The first-order valence-corrected chi connectivity index (χ1v) is 5.11. The Bertz CT molecular complexity index is 119. The van der Waals surface area contributed by atoms with Crippen molar-refractivity contribution in [3.63, 3.8) is 0 Å². The van der Waals surface area contributed by atoms with Crippen molar-refractivity contribution in [2.45, 2.75) is 26.8 Å². The van der Waals surface area contributed by atoms with Crippen LogP contribution in [0.5, 0.6) is 0 Å². The highest BCUT2D eigenvalue weighted by Gasteiger charge is 2.14. The normalized spacial score (nSPS) is 16.2. The fourth-order valence-electron chi connectivity index (χ4n) is 1.19. The molecule has 0 saturated heterocycles. The molecule has 0 aliphatic carbocycles. The second-order valence-electron chi connectivity index (χ2n) is 3.63. The topological polar surface area (TPSA) is 38.5 Å². The Morgan fingerprint density at radius 2 is 2.00 bits per heavy atom. The predicted octanol–water partition coefficient (Wildman–Crippen LogP) is 0.938. The minimum atomic E-state index is 0.533. The Morgan fingerprint density at radius 3 is 2.46 bits per heavy atom. The third kappa shape index (κ3) is 5.24. The minimum absolute atomic E-state index is 0.533. The van der Waals surface area contributed by atoms with E-state index in [1.807, 2.05) is 6.92 Å². The van der Waals surface area contributed by atoms with Crippen molar-refractivity contribution < 1.29 is 4.74 Å². The molecule has 0 aliphatic heterocycles. The summed E-state index contributed by atoms with van der Waals surface area (Å²) in [4.78, 5) is 2.30. The maximum atomic E-state index is 5.61. The van der Waals surface area contributed by atoms with Gasteiger partial charge in [-0.3, -0.25) is 0 Å². The molecule has 0 rings (SSSR count). The average Bonchev–Trinajstić information content (AvgIpc) is 2.15. The maximum Gasteiger partial charge on any atom is 0.0593 e. The third-order valence-electron chi connectivity index (χ3n) is 2.68. The molecule has 0 heterocycles. The van der Waals surface area contributed by atoms with E-state index in [2.05, 4.69) is 25.8 Å². The molecule has 0 aromatic heterocycles. The van der Waals surface area contributed by atoms with E-state index in [1.54, 1.807) is 0 Å². The molecule has 0 saturated carbocycles. The molecule has 0 bridgehead atoms. The molecule has 0 fully saturated rings. The van der Waals surface area contributed by atoms with Gasteiger partial charge in [0, 0.05) is 19.2 Å². The fraction of sp³-hybridized carbons (Fsp3) is 1.00. The summed E-state index contributed by atoms with van der Waals surface area (Å²) in [6.07, 6.45) is 0. The molecular formula is C10H24N2O. The van der Waals surface area contributed by atoms with Crippen LogP contribution >= 0.6 is 0 Å². The summed E-state index contributed by atoms with van der Waals surface area (Å²) >= 11 is 0. The lowest BCUT2D eigenvalue weighted by molar-refractivity contribution is 0.0995. The number of rotatable bonds is 7. The van der Waals surface area contributed by atoms with Gasteiger partial charge in [0.1, 0.15) is 0 Å². The van der Waals surface area contributed by atoms with Crippen molar-refractivity contribution in [2.75, 3.05) is 33.4 Å². The first kappa shape index (κ1) is 12.9. The van der Waals surface area contributed by atoms with Crippen LogP contribution in [0.2, 0.25) is 0 Å². The molecule has 0 radical (unpaired) electrons. The summed E-state index contributed by atoms with van der Waals surface area (Å²) in [6, 6.07) is 0.533. The first-order valence-electron chi connectivity index (χ1n) is 5.11. The average molecular weight is 188 g/mol. The van der Waals surface area contributed by atoms with Crippen molar-refractivity contribution in [1.82, 2.24) is 4.90 Å². The molecule has 0 spiro atoms. The lowest BCUT2D eigenvalue weighted by atomic mass is 10.0. The Hall–Kier alpha value is -0.120. The van der Waals surface area contributed by atoms with Gasteiger partial charge in [0.2, 0.25) is 0 Å². The van der Waals surface area contributed by atoms with Crippen LogP contribution in [0.15, 0.2) is 0 Å². The van der Waals surface area contributed by atoms with Gasteiger partial charge < -0.3 is 15.4 Å². The summed E-state index contributed by atoms with van der Waals surface area (Å²) in [5.41, 5.74) is 5.61. The van der Waals surface area contributed by atoms with E-state index in [-0.39, 0.29) is 0 Å². The van der Waals surface area contributed by atoms with Crippen molar-refractivity contribution >= 4 is 0 Å². The number of nitrogens with zero attached hydrogens (tertiary/aromatic N) is 1. The minimum Gasteiger partial charge on any atom is -0.380 e. The van der Waals surface area contributed by atoms with E-state index in [0.29, 0.717) is 12.0 Å². The lowest BCUT2D eigenvalue weighted by Crippen LogP contribution is -2.39. The van der Waals surface area contributed by atoms with E-state index in [1.165, 1.54) is 0 Å². The highest BCUT2D eigenvalue weighted by atomic mass is 16.5. The number of nitrogens with two attached hydrogens (primary N) is 1. The molecule has 80 valence electrons. The van der Waals surface area contributed by atoms with E-state index in [0.717, 1.165) is 26.3 Å². The summed E-state index contributed by atoms with van der Waals surface area (Å²) in [6.45, 7) is 9.76. The van der Waals surface area contributed by atoms with Crippen LogP contribution in [-0.2, 0) is 4.74 Å². The molecule has 2 unspecified atom stereocenters. The number of hydrogen-bond acceptors (Lipinski definition) is 3. The highest BCUT2D eigenvalue weighted by molar-refractivity contribution is 4.70. The Morgan fingerprint density at radius 1 is 1.38 bits per heavy atom. The van der Waals surface area contributed by atoms with Gasteiger partial charge in [0.25, 0.3) is 0 Å². The Balaban J connectivity index is 3.62. The van der Waals surface area contributed by atoms with Crippen LogP contribution in [-0.4, -0.2) is 44.3 Å². The standard InChI is InChI=1S/C10H24N2O/c1-5-13-7-6-12(4)10(3)9(2)8-11/h9-10H,5-8,11H2,1-4H3. The van der Waals surface area contributed by atoms with Gasteiger partial charge in [0.15, 0.2) is 0 Å². The molecule has 13 heavy (non-hydrogen) atoms. The third-order valence-corrected chi connectivity index (χ3v) is 2.68. The largest absolute Gasteiger partial charge is 0.380 e. The zero-order chi connectivity index (χ0) is 10.3. The van der Waals surface area contributed by atoms with Crippen molar-refractivity contribution in [1.29, 1.82) is 0 Å². The maximum absolute atomic E-state index is 5.61. The molecule has 0 amide bonds. The molecule has 3 heteroatoms. The van der Waals surface area contributed by atoms with Crippen LogP contribution in [0, 0.1) is 5.92 Å². The summed E-state index contributed by atoms with van der Waals surface area (Å²) in [7, 11) is 2.12. The first-order chi connectivity index (χ1) is 6.13. The van der Waals surface area contributed by atoms with Crippen LogP contribution in [0.25, 0.3) is 0 Å². The van der Waals surface area contributed by atoms with Gasteiger partial charge in [-0.05, 0) is 33.4 Å². The highest BCUT2D eigenvalue weighted by Crippen LogP contribution is 2.06. The van der Waals surface area contributed by atoms with Crippen LogP contribution < -0.4 is 5.73 Å². The second kappa shape index (κ2) is 7.30.